The molecule has 0 radical (unpaired) electrons. The van der Waals surface area contributed by atoms with Crippen LogP contribution in [0.15, 0.2) is 65.7 Å². The van der Waals surface area contributed by atoms with E-state index in [2.05, 4.69) is 21.3 Å². The molecule has 7 heteroatoms. The van der Waals surface area contributed by atoms with Gasteiger partial charge in [-0.1, -0.05) is 24.3 Å². The van der Waals surface area contributed by atoms with Crippen LogP contribution in [-0.2, 0) is 11.3 Å². The number of aliphatic imine (C=N–C) groups is 1. The number of rotatable bonds is 6. The second kappa shape index (κ2) is 10.4. The first-order valence-corrected chi connectivity index (χ1v) is 11.6. The molecule has 0 atom stereocenters. The van der Waals surface area contributed by atoms with Gasteiger partial charge in [0.25, 0.3) is 0 Å². The van der Waals surface area contributed by atoms with Crippen molar-refractivity contribution in [3.63, 3.8) is 0 Å². The normalized spacial score (nSPS) is 14.8. The van der Waals surface area contributed by atoms with Crippen LogP contribution in [0, 0.1) is 5.41 Å². The first-order valence-electron chi connectivity index (χ1n) is 11.6. The first kappa shape index (κ1) is 23.3. The Kier molecular flexibility index (Phi) is 7.11. The molecule has 0 unspecified atom stereocenters. The van der Waals surface area contributed by atoms with Gasteiger partial charge in [0.05, 0.1) is 11.5 Å². The molecule has 4 rings (SSSR count). The molecule has 0 aliphatic carbocycles. The highest BCUT2D eigenvalue weighted by Gasteiger charge is 2.20. The molecule has 0 saturated carbocycles. The van der Waals surface area contributed by atoms with Crippen molar-refractivity contribution < 1.29 is 9.53 Å². The van der Waals surface area contributed by atoms with E-state index in [1.165, 1.54) is 6.92 Å². The molecule has 7 nitrogen and oxygen atoms in total. The Bertz CT molecular complexity index is 1210. The molecule has 34 heavy (non-hydrogen) atoms. The highest BCUT2D eigenvalue weighted by atomic mass is 16.5. The van der Waals surface area contributed by atoms with E-state index in [4.69, 9.17) is 15.9 Å². The van der Waals surface area contributed by atoms with Crippen LogP contribution >= 0.6 is 0 Å². The average Bonchev–Trinajstić information content (AvgIpc) is 2.83. The molecular weight excluding hydrogens is 426 g/mol. The summed E-state index contributed by atoms with van der Waals surface area (Å²) in [5, 5.41) is 12.7. The minimum Gasteiger partial charge on any atom is -0.490 e. The predicted molar refractivity (Wildman–Crippen MR) is 137 cm³/mol. The number of nitrogens with zero attached hydrogens (tertiary/aromatic N) is 2. The first-order chi connectivity index (χ1) is 16.4. The van der Waals surface area contributed by atoms with E-state index in [0.29, 0.717) is 18.2 Å². The Labute approximate surface area is 200 Å². The van der Waals surface area contributed by atoms with E-state index in [9.17, 15) is 4.79 Å². The zero-order chi connectivity index (χ0) is 24.1. The molecule has 3 aromatic rings. The summed E-state index contributed by atoms with van der Waals surface area (Å²) in [4.78, 5) is 17.9. The van der Waals surface area contributed by atoms with Crippen LogP contribution in [0.25, 0.3) is 10.8 Å². The molecule has 4 N–H and O–H groups in total. The van der Waals surface area contributed by atoms with Crippen molar-refractivity contribution >= 4 is 34.0 Å². The molecule has 3 aromatic carbocycles. The molecule has 1 amide bonds. The summed E-state index contributed by atoms with van der Waals surface area (Å²) >= 11 is 0. The van der Waals surface area contributed by atoms with Gasteiger partial charge in [-0.05, 0) is 59.7 Å². The minimum absolute atomic E-state index is 0.0510. The van der Waals surface area contributed by atoms with Crippen LogP contribution in [0.3, 0.4) is 0 Å². The third-order valence-corrected chi connectivity index (χ3v) is 6.05. The van der Waals surface area contributed by atoms with Crippen LogP contribution in [0.2, 0.25) is 0 Å². The highest BCUT2D eigenvalue weighted by Crippen LogP contribution is 2.24. The molecule has 1 aliphatic heterocycles. The topological polar surface area (TPSA) is 104 Å². The summed E-state index contributed by atoms with van der Waals surface area (Å²) in [5.74, 6) is 1.83. The van der Waals surface area contributed by atoms with Crippen molar-refractivity contribution in [2.24, 2.45) is 10.7 Å². The SMILES string of the molecule is CC(=N)N1CCC(Oc2ccc(N=C(N)c3ccc4ccc(CNC(C)=O)cc4c3)cc2)CC1. The number of likely N-dealkylation sites (tertiary alicyclic amines) is 1. The maximum Gasteiger partial charge on any atom is 0.217 e. The monoisotopic (exact) mass is 457 g/mol. The number of nitrogens with two attached hydrogens (primary N) is 1. The fourth-order valence-electron chi connectivity index (χ4n) is 4.10. The van der Waals surface area contributed by atoms with Crippen LogP contribution in [-0.4, -0.2) is 41.7 Å². The standard InChI is InChI=1S/C27H31N5O2/c1-18(28)32-13-11-26(12-14-32)34-25-9-7-24(8-10-25)31-27(29)22-6-5-21-4-3-20(15-23(21)16-22)17-30-19(2)33/h3-10,15-16,26,28H,11-14,17H2,1-2H3,(H2,29,31)(H,30,33). The lowest BCUT2D eigenvalue weighted by Gasteiger charge is -2.32. The second-order valence-electron chi connectivity index (χ2n) is 8.69. The number of carbonyl (C=O) groups is 1. The summed E-state index contributed by atoms with van der Waals surface area (Å²) in [6, 6.07) is 19.8. The Hall–Kier alpha value is -3.87. The van der Waals surface area contributed by atoms with E-state index < -0.39 is 0 Å². The van der Waals surface area contributed by atoms with Crippen molar-refractivity contribution in [2.45, 2.75) is 39.3 Å². The van der Waals surface area contributed by atoms with Gasteiger partial charge in [-0.2, -0.15) is 0 Å². The third-order valence-electron chi connectivity index (χ3n) is 6.05. The highest BCUT2D eigenvalue weighted by molar-refractivity contribution is 6.02. The van der Waals surface area contributed by atoms with E-state index in [1.807, 2.05) is 61.5 Å². The summed E-state index contributed by atoms with van der Waals surface area (Å²) in [5.41, 5.74) is 8.96. The van der Waals surface area contributed by atoms with Gasteiger partial charge < -0.3 is 20.7 Å². The van der Waals surface area contributed by atoms with Gasteiger partial charge >= 0.3 is 0 Å². The number of ether oxygens (including phenoxy) is 1. The Morgan fingerprint density at radius 1 is 1.06 bits per heavy atom. The van der Waals surface area contributed by atoms with Gasteiger partial charge in [0.2, 0.25) is 5.91 Å². The molecule has 0 spiro atoms. The van der Waals surface area contributed by atoms with Gasteiger partial charge in [0, 0.05) is 45.0 Å². The van der Waals surface area contributed by atoms with E-state index >= 15 is 0 Å². The average molecular weight is 458 g/mol. The van der Waals surface area contributed by atoms with Crippen molar-refractivity contribution in [1.29, 1.82) is 5.41 Å². The second-order valence-corrected chi connectivity index (χ2v) is 8.69. The van der Waals surface area contributed by atoms with Gasteiger partial charge in [-0.25, -0.2) is 4.99 Å². The lowest BCUT2D eigenvalue weighted by Crippen LogP contribution is -2.40. The fourth-order valence-corrected chi connectivity index (χ4v) is 4.10. The summed E-state index contributed by atoms with van der Waals surface area (Å²) in [6.45, 7) is 5.56. The van der Waals surface area contributed by atoms with Crippen LogP contribution < -0.4 is 15.8 Å². The molecule has 1 heterocycles. The number of fused-ring (bicyclic) bond motifs is 1. The summed E-state index contributed by atoms with van der Waals surface area (Å²) in [6.07, 6.45) is 2.00. The number of piperidine rings is 1. The lowest BCUT2D eigenvalue weighted by atomic mass is 10.0. The quantitative estimate of drug-likeness (QED) is 0.378. The Morgan fingerprint density at radius 2 is 1.76 bits per heavy atom. The number of amides is 1. The summed E-state index contributed by atoms with van der Waals surface area (Å²) < 4.78 is 6.12. The van der Waals surface area contributed by atoms with E-state index in [0.717, 1.165) is 59.3 Å². The molecular formula is C27H31N5O2. The number of hydrogen-bond donors (Lipinski definition) is 3. The molecule has 0 bridgehead atoms. The molecule has 176 valence electrons. The van der Waals surface area contributed by atoms with E-state index in [1.54, 1.807) is 0 Å². The Morgan fingerprint density at radius 3 is 2.44 bits per heavy atom. The van der Waals surface area contributed by atoms with Gasteiger partial charge in [0.15, 0.2) is 0 Å². The van der Waals surface area contributed by atoms with Crippen LogP contribution in [0.1, 0.15) is 37.8 Å². The summed E-state index contributed by atoms with van der Waals surface area (Å²) in [7, 11) is 0. The number of hydrogen-bond acceptors (Lipinski definition) is 4. The predicted octanol–water partition coefficient (Wildman–Crippen LogP) is 4.35. The third kappa shape index (κ3) is 5.92. The zero-order valence-electron chi connectivity index (χ0n) is 19.7. The number of benzene rings is 3. The van der Waals surface area contributed by atoms with Crippen LogP contribution in [0.5, 0.6) is 5.75 Å². The molecule has 1 fully saturated rings. The van der Waals surface area contributed by atoms with Gasteiger partial charge in [0.1, 0.15) is 17.7 Å². The fraction of sp³-hybridized carbons (Fsp3) is 0.296. The van der Waals surface area contributed by atoms with Crippen molar-refractivity contribution in [3.05, 3.63) is 71.8 Å². The number of nitrogens with one attached hydrogen (secondary N) is 2. The zero-order valence-corrected chi connectivity index (χ0v) is 19.7. The maximum absolute atomic E-state index is 11.2. The largest absolute Gasteiger partial charge is 0.490 e. The molecule has 0 aromatic heterocycles. The number of amidine groups is 2. The minimum atomic E-state index is -0.0510. The van der Waals surface area contributed by atoms with Gasteiger partial charge in [-0.3, -0.25) is 10.2 Å². The van der Waals surface area contributed by atoms with Crippen molar-refractivity contribution in [3.8, 4) is 5.75 Å². The molecule has 1 aliphatic rings. The molecule has 1 saturated heterocycles. The Balaban J connectivity index is 1.42. The lowest BCUT2D eigenvalue weighted by molar-refractivity contribution is -0.119. The number of carbonyl (C=O) groups excluding carboxylic acids is 1. The maximum atomic E-state index is 11.2. The van der Waals surface area contributed by atoms with Gasteiger partial charge in [-0.15, -0.1) is 0 Å². The van der Waals surface area contributed by atoms with E-state index in [-0.39, 0.29) is 12.0 Å². The van der Waals surface area contributed by atoms with Crippen LogP contribution in [0.4, 0.5) is 5.69 Å². The van der Waals surface area contributed by atoms with Crippen molar-refractivity contribution in [1.82, 2.24) is 10.2 Å². The van der Waals surface area contributed by atoms with Crippen molar-refractivity contribution in [2.75, 3.05) is 13.1 Å². The smallest absolute Gasteiger partial charge is 0.217 e.